The van der Waals surface area contributed by atoms with E-state index in [0.717, 1.165) is 47.2 Å². The lowest BCUT2D eigenvalue weighted by molar-refractivity contribution is -0.123. The number of nitrogens with two attached hydrogens (primary N) is 1. The number of hydrogen-bond acceptors (Lipinski definition) is 5. The van der Waals surface area contributed by atoms with Crippen molar-refractivity contribution in [3.63, 3.8) is 0 Å². The van der Waals surface area contributed by atoms with Gasteiger partial charge in [0.15, 0.2) is 17.3 Å². The standard InChI is InChI=1S/C31H35FN4O3S/c32-27(22-11-17-36(18-12-22)31(15-16-31)40(38)39)29(37)35-25-19-26(21-5-2-1-3-6-21)28(34-20-25)23-7-9-24(10-8-23)30(33)13-4-14-30/h1-3,5-10,19-20,22,27H,4,11-18,33H2,(H,35,37)(H,38,39)/t27-/m0/s1. The molecule has 7 nitrogen and oxygen atoms in total. The molecule has 1 aliphatic heterocycles. The minimum absolute atomic E-state index is 0.237. The molecule has 3 fully saturated rings. The van der Waals surface area contributed by atoms with Crippen molar-refractivity contribution in [3.05, 3.63) is 72.4 Å². The number of benzene rings is 2. The van der Waals surface area contributed by atoms with E-state index in [1.165, 1.54) is 0 Å². The van der Waals surface area contributed by atoms with Crippen molar-refractivity contribution < 1.29 is 17.9 Å². The molecule has 2 aliphatic carbocycles. The number of pyridine rings is 1. The number of hydrogen-bond donors (Lipinski definition) is 3. The molecule has 3 aromatic rings. The number of aromatic nitrogens is 1. The van der Waals surface area contributed by atoms with Crippen LogP contribution in [0.3, 0.4) is 0 Å². The summed E-state index contributed by atoms with van der Waals surface area (Å²) in [7, 11) is 0. The molecule has 1 unspecified atom stereocenters. The zero-order valence-electron chi connectivity index (χ0n) is 22.4. The number of piperidine rings is 1. The highest BCUT2D eigenvalue weighted by Crippen LogP contribution is 2.46. The van der Waals surface area contributed by atoms with Crippen LogP contribution in [0.5, 0.6) is 0 Å². The third-order valence-electron chi connectivity index (χ3n) is 9.00. The van der Waals surface area contributed by atoms with Crippen LogP contribution in [-0.2, 0) is 21.4 Å². The summed E-state index contributed by atoms with van der Waals surface area (Å²) in [6.07, 6.45) is 5.36. The molecule has 0 radical (unpaired) electrons. The molecule has 1 amide bonds. The normalized spacial score (nSPS) is 21.7. The Labute approximate surface area is 236 Å². The molecule has 2 saturated carbocycles. The van der Waals surface area contributed by atoms with Gasteiger partial charge in [-0.05, 0) is 62.1 Å². The van der Waals surface area contributed by atoms with Crippen molar-refractivity contribution in [2.75, 3.05) is 18.4 Å². The summed E-state index contributed by atoms with van der Waals surface area (Å²) in [5, 5.41) is 2.75. The van der Waals surface area contributed by atoms with Crippen LogP contribution in [0.4, 0.5) is 10.1 Å². The second kappa shape index (κ2) is 10.8. The van der Waals surface area contributed by atoms with Crippen LogP contribution < -0.4 is 11.1 Å². The van der Waals surface area contributed by atoms with Crippen molar-refractivity contribution in [2.24, 2.45) is 11.7 Å². The SMILES string of the molecule is NC1(c2ccc(-c3ncc(NC(=O)[C@@H](F)C4CCN(C5(S(=O)O)CC5)CC4)cc3-c3ccccc3)cc2)CCC1. The summed E-state index contributed by atoms with van der Waals surface area (Å²) in [4.78, 5) is 19.0. The lowest BCUT2D eigenvalue weighted by atomic mass is 9.72. The van der Waals surface area contributed by atoms with Gasteiger partial charge in [-0.1, -0.05) is 54.6 Å². The van der Waals surface area contributed by atoms with Gasteiger partial charge in [-0.25, -0.2) is 8.60 Å². The van der Waals surface area contributed by atoms with Crippen LogP contribution in [0.15, 0.2) is 66.9 Å². The predicted octanol–water partition coefficient (Wildman–Crippen LogP) is 5.45. The number of nitrogens with one attached hydrogen (secondary N) is 1. The molecular formula is C31H35FN4O3S. The molecule has 0 bridgehead atoms. The van der Waals surface area contributed by atoms with E-state index in [0.29, 0.717) is 44.5 Å². The number of rotatable bonds is 8. The number of anilines is 1. The van der Waals surface area contributed by atoms with Gasteiger partial charge in [0, 0.05) is 35.7 Å². The van der Waals surface area contributed by atoms with E-state index in [4.69, 9.17) is 10.7 Å². The smallest absolute Gasteiger partial charge is 0.259 e. The highest BCUT2D eigenvalue weighted by molar-refractivity contribution is 7.81. The van der Waals surface area contributed by atoms with Gasteiger partial charge in [-0.2, -0.15) is 0 Å². The number of carbonyl (C=O) groups excluding carboxylic acids is 1. The van der Waals surface area contributed by atoms with Gasteiger partial charge in [0.25, 0.3) is 5.91 Å². The van der Waals surface area contributed by atoms with Crippen molar-refractivity contribution in [1.82, 2.24) is 9.88 Å². The fourth-order valence-electron chi connectivity index (χ4n) is 6.14. The number of halogens is 1. The average molecular weight is 563 g/mol. The Morgan fingerprint density at radius 2 is 1.73 bits per heavy atom. The van der Waals surface area contributed by atoms with Crippen LogP contribution in [0, 0.1) is 5.92 Å². The van der Waals surface area contributed by atoms with E-state index in [9.17, 15) is 13.6 Å². The fourth-order valence-corrected chi connectivity index (χ4v) is 7.00. The Hall–Kier alpha value is -2.98. The Kier molecular flexibility index (Phi) is 7.33. The highest BCUT2D eigenvalue weighted by Gasteiger charge is 2.54. The molecule has 1 aromatic heterocycles. The largest absolute Gasteiger partial charge is 0.322 e. The second-order valence-electron chi connectivity index (χ2n) is 11.5. The second-order valence-corrected chi connectivity index (χ2v) is 12.7. The number of nitrogens with zero attached hydrogens (tertiary/aromatic N) is 2. The van der Waals surface area contributed by atoms with Crippen LogP contribution in [0.1, 0.15) is 50.5 Å². The van der Waals surface area contributed by atoms with Crippen LogP contribution in [-0.4, -0.2) is 48.7 Å². The first kappa shape index (κ1) is 27.2. The van der Waals surface area contributed by atoms with E-state index in [-0.39, 0.29) is 5.54 Å². The Bertz CT molecular complexity index is 1400. The summed E-state index contributed by atoms with van der Waals surface area (Å²) < 4.78 is 36.7. The van der Waals surface area contributed by atoms with Gasteiger partial charge in [-0.15, -0.1) is 0 Å². The first-order valence-corrected chi connectivity index (χ1v) is 15.2. The monoisotopic (exact) mass is 562 g/mol. The van der Waals surface area contributed by atoms with E-state index in [1.807, 2.05) is 53.4 Å². The fraction of sp³-hybridized carbons (Fsp3) is 0.419. The molecule has 4 N–H and O–H groups in total. The number of alkyl halides is 1. The van der Waals surface area contributed by atoms with Crippen LogP contribution in [0.25, 0.3) is 22.4 Å². The molecule has 210 valence electrons. The van der Waals surface area contributed by atoms with Crippen LogP contribution in [0.2, 0.25) is 0 Å². The third kappa shape index (κ3) is 5.11. The predicted molar refractivity (Wildman–Crippen MR) is 155 cm³/mol. The van der Waals surface area contributed by atoms with Gasteiger partial charge >= 0.3 is 0 Å². The number of likely N-dealkylation sites (tertiary alicyclic amines) is 1. The third-order valence-corrected chi connectivity index (χ3v) is 10.3. The quantitative estimate of drug-likeness (QED) is 0.315. The molecule has 2 atom stereocenters. The molecular weight excluding hydrogens is 527 g/mol. The van der Waals surface area contributed by atoms with Crippen LogP contribution >= 0.6 is 0 Å². The molecule has 40 heavy (non-hydrogen) atoms. The lowest BCUT2D eigenvalue weighted by Gasteiger charge is -2.38. The van der Waals surface area contributed by atoms with E-state index in [2.05, 4.69) is 17.4 Å². The maximum Gasteiger partial charge on any atom is 0.259 e. The van der Waals surface area contributed by atoms with Crippen molar-refractivity contribution >= 4 is 22.7 Å². The van der Waals surface area contributed by atoms with E-state index in [1.54, 1.807) is 6.20 Å². The highest BCUT2D eigenvalue weighted by atomic mass is 32.2. The summed E-state index contributed by atoms with van der Waals surface area (Å²) >= 11 is -1.92. The van der Waals surface area contributed by atoms with E-state index >= 15 is 4.39 Å². The molecule has 9 heteroatoms. The number of carbonyl (C=O) groups is 1. The molecule has 6 rings (SSSR count). The molecule has 1 saturated heterocycles. The first-order valence-electron chi connectivity index (χ1n) is 14.1. The van der Waals surface area contributed by atoms with Gasteiger partial charge in [0.2, 0.25) is 0 Å². The van der Waals surface area contributed by atoms with Crippen molar-refractivity contribution in [3.8, 4) is 22.4 Å². The Morgan fingerprint density at radius 3 is 2.30 bits per heavy atom. The maximum atomic E-state index is 15.3. The summed E-state index contributed by atoms with van der Waals surface area (Å²) in [6.45, 7) is 1.03. The summed E-state index contributed by atoms with van der Waals surface area (Å²) in [5.41, 5.74) is 11.3. The Morgan fingerprint density at radius 1 is 1.05 bits per heavy atom. The van der Waals surface area contributed by atoms with Crippen molar-refractivity contribution in [2.45, 2.75) is 61.5 Å². The zero-order chi connectivity index (χ0) is 27.9. The van der Waals surface area contributed by atoms with Gasteiger partial charge in [0.05, 0.1) is 17.6 Å². The molecule has 2 heterocycles. The minimum atomic E-state index is -1.92. The average Bonchev–Trinajstić information content (AvgIpc) is 3.79. The maximum absolute atomic E-state index is 15.3. The zero-order valence-corrected chi connectivity index (χ0v) is 23.2. The minimum Gasteiger partial charge on any atom is -0.322 e. The number of amides is 1. The van der Waals surface area contributed by atoms with Crippen molar-refractivity contribution in [1.29, 1.82) is 0 Å². The van der Waals surface area contributed by atoms with Gasteiger partial charge in [0.1, 0.15) is 4.87 Å². The molecule has 2 aromatic carbocycles. The molecule has 0 spiro atoms. The topological polar surface area (TPSA) is 109 Å². The van der Waals surface area contributed by atoms with Gasteiger partial charge in [-0.3, -0.25) is 14.7 Å². The Balaban J connectivity index is 1.18. The van der Waals surface area contributed by atoms with E-state index < -0.39 is 33.9 Å². The first-order chi connectivity index (χ1) is 19.3. The molecule has 3 aliphatic rings. The summed E-state index contributed by atoms with van der Waals surface area (Å²) in [6, 6.07) is 19.9. The lowest BCUT2D eigenvalue weighted by Crippen LogP contribution is -2.47. The summed E-state index contributed by atoms with van der Waals surface area (Å²) in [5.74, 6) is -1.11. The van der Waals surface area contributed by atoms with Gasteiger partial charge < -0.3 is 15.6 Å².